The molecule has 2 aromatic rings. The third-order valence-corrected chi connectivity index (χ3v) is 3.67. The number of amides is 1. The van der Waals surface area contributed by atoms with Crippen LogP contribution in [0.4, 0.5) is 0 Å². The zero-order chi connectivity index (χ0) is 16.8. The van der Waals surface area contributed by atoms with Crippen LogP contribution in [0.5, 0.6) is 11.5 Å². The van der Waals surface area contributed by atoms with Gasteiger partial charge in [-0.15, -0.1) is 0 Å². The molecule has 6 nitrogen and oxygen atoms in total. The number of carbonyl (C=O) groups is 1. The lowest BCUT2D eigenvalue weighted by Crippen LogP contribution is -2.32. The minimum absolute atomic E-state index is 0.108. The van der Waals surface area contributed by atoms with E-state index in [0.717, 1.165) is 6.42 Å². The summed E-state index contributed by atoms with van der Waals surface area (Å²) in [5, 5.41) is 10.1. The maximum absolute atomic E-state index is 12.0. The fourth-order valence-corrected chi connectivity index (χ4v) is 2.06. The van der Waals surface area contributed by atoms with E-state index in [1.807, 2.05) is 13.8 Å². The maximum atomic E-state index is 12.0. The van der Waals surface area contributed by atoms with Crippen LogP contribution in [0.1, 0.15) is 36.5 Å². The number of methoxy groups -OCH3 is 1. The number of benzene rings is 1. The zero-order valence-corrected chi connectivity index (χ0v) is 14.1. The Labute approximate surface area is 140 Å². The number of aromatic nitrogens is 2. The van der Waals surface area contributed by atoms with Gasteiger partial charge in [0.1, 0.15) is 23.8 Å². The number of carbonyl (C=O) groups excluding carboxylic acids is 1. The van der Waals surface area contributed by atoms with Gasteiger partial charge in [-0.25, -0.2) is 0 Å². The molecule has 0 aliphatic carbocycles. The Hall–Kier alpha value is -2.21. The van der Waals surface area contributed by atoms with Crippen LogP contribution in [0.3, 0.4) is 0 Å². The van der Waals surface area contributed by atoms with Gasteiger partial charge in [0.15, 0.2) is 0 Å². The van der Waals surface area contributed by atoms with E-state index in [1.54, 1.807) is 31.4 Å². The van der Waals surface area contributed by atoms with Gasteiger partial charge in [0.25, 0.3) is 5.91 Å². The molecule has 0 aliphatic rings. The molecule has 1 heterocycles. The molecule has 2 N–H and O–H groups in total. The Morgan fingerprint density at radius 2 is 2.22 bits per heavy atom. The largest absolute Gasteiger partial charge is 0.497 e. The summed E-state index contributed by atoms with van der Waals surface area (Å²) in [5.41, 5.74) is 1.02. The van der Waals surface area contributed by atoms with Crippen LogP contribution in [0, 0.1) is 0 Å². The molecule has 7 heteroatoms. The van der Waals surface area contributed by atoms with Crippen LogP contribution in [0.15, 0.2) is 24.3 Å². The average molecular weight is 338 g/mol. The number of nitrogens with zero attached hydrogens (tertiary/aromatic N) is 1. The summed E-state index contributed by atoms with van der Waals surface area (Å²) in [6.45, 7) is 4.18. The van der Waals surface area contributed by atoms with E-state index >= 15 is 0 Å². The summed E-state index contributed by atoms with van der Waals surface area (Å²) in [6, 6.07) is 6.94. The number of halogens is 1. The minimum Gasteiger partial charge on any atom is -0.497 e. The highest BCUT2D eigenvalue weighted by Crippen LogP contribution is 2.29. The second-order valence-electron chi connectivity index (χ2n) is 5.15. The summed E-state index contributed by atoms with van der Waals surface area (Å²) < 4.78 is 10.7. The first-order valence-electron chi connectivity index (χ1n) is 7.35. The molecular formula is C16H20ClN3O3. The van der Waals surface area contributed by atoms with Crippen molar-refractivity contribution >= 4 is 17.5 Å². The van der Waals surface area contributed by atoms with E-state index in [4.69, 9.17) is 21.1 Å². The second kappa shape index (κ2) is 7.87. The van der Waals surface area contributed by atoms with E-state index in [2.05, 4.69) is 15.5 Å². The lowest BCUT2D eigenvalue weighted by atomic mass is 10.2. The monoisotopic (exact) mass is 337 g/mol. The number of ether oxygens (including phenoxy) is 2. The molecule has 1 aromatic heterocycles. The van der Waals surface area contributed by atoms with Gasteiger partial charge in [-0.05, 0) is 31.5 Å². The number of hydrogen-bond acceptors (Lipinski definition) is 4. The van der Waals surface area contributed by atoms with E-state index < -0.39 is 0 Å². The first-order valence-corrected chi connectivity index (χ1v) is 7.72. The molecule has 0 saturated carbocycles. The average Bonchev–Trinajstić information content (AvgIpc) is 3.02. The lowest BCUT2D eigenvalue weighted by molar-refractivity contribution is 0.0934. The molecule has 1 atom stereocenters. The third kappa shape index (κ3) is 4.63. The fourth-order valence-electron chi connectivity index (χ4n) is 1.83. The molecule has 2 rings (SSSR count). The van der Waals surface area contributed by atoms with Gasteiger partial charge >= 0.3 is 0 Å². The maximum Gasteiger partial charge on any atom is 0.271 e. The molecule has 1 aromatic carbocycles. The van der Waals surface area contributed by atoms with Crippen molar-refractivity contribution < 1.29 is 14.3 Å². The van der Waals surface area contributed by atoms with Gasteiger partial charge in [0.2, 0.25) is 0 Å². The van der Waals surface area contributed by atoms with E-state index in [0.29, 0.717) is 27.9 Å². The van der Waals surface area contributed by atoms with Crippen molar-refractivity contribution in [3.05, 3.63) is 40.7 Å². The van der Waals surface area contributed by atoms with Crippen molar-refractivity contribution in [3.8, 4) is 11.5 Å². The predicted molar refractivity (Wildman–Crippen MR) is 88.1 cm³/mol. The van der Waals surface area contributed by atoms with Crippen LogP contribution >= 0.6 is 11.6 Å². The molecule has 0 saturated heterocycles. The molecule has 1 amide bonds. The molecular weight excluding hydrogens is 318 g/mol. The highest BCUT2D eigenvalue weighted by atomic mass is 35.5. The molecule has 0 spiro atoms. The van der Waals surface area contributed by atoms with Crippen molar-refractivity contribution in [1.82, 2.24) is 15.5 Å². The SMILES string of the molecule is CC[C@H](C)NC(=O)c1cc(COc2ccc(OC)cc2Cl)[nH]n1. The number of nitrogens with one attached hydrogen (secondary N) is 2. The topological polar surface area (TPSA) is 76.2 Å². The van der Waals surface area contributed by atoms with Crippen molar-refractivity contribution in [2.24, 2.45) is 0 Å². The molecule has 124 valence electrons. The van der Waals surface area contributed by atoms with Gasteiger partial charge in [-0.2, -0.15) is 5.10 Å². The van der Waals surface area contributed by atoms with E-state index in [1.165, 1.54) is 0 Å². The Morgan fingerprint density at radius 3 is 2.87 bits per heavy atom. The molecule has 0 fully saturated rings. The Kier molecular flexibility index (Phi) is 5.87. The number of aromatic amines is 1. The van der Waals surface area contributed by atoms with Crippen molar-refractivity contribution in [2.75, 3.05) is 7.11 Å². The number of rotatable bonds is 7. The standard InChI is InChI=1S/C16H20ClN3O3/c1-4-10(2)18-16(21)14-7-11(19-20-14)9-23-15-6-5-12(22-3)8-13(15)17/h5-8,10H,4,9H2,1-3H3,(H,18,21)(H,19,20)/t10-/m0/s1. The zero-order valence-electron chi connectivity index (χ0n) is 13.4. The molecule has 23 heavy (non-hydrogen) atoms. The van der Waals surface area contributed by atoms with Crippen LogP contribution < -0.4 is 14.8 Å². The highest BCUT2D eigenvalue weighted by molar-refractivity contribution is 6.32. The highest BCUT2D eigenvalue weighted by Gasteiger charge is 2.13. The van der Waals surface area contributed by atoms with Gasteiger partial charge < -0.3 is 14.8 Å². The van der Waals surface area contributed by atoms with Crippen LogP contribution in [0.2, 0.25) is 5.02 Å². The van der Waals surface area contributed by atoms with Gasteiger partial charge in [0, 0.05) is 12.1 Å². The van der Waals surface area contributed by atoms with Gasteiger partial charge in [-0.1, -0.05) is 18.5 Å². The number of hydrogen-bond donors (Lipinski definition) is 2. The Morgan fingerprint density at radius 1 is 1.43 bits per heavy atom. The normalized spacial score (nSPS) is 11.8. The van der Waals surface area contributed by atoms with Crippen LogP contribution in [0.25, 0.3) is 0 Å². The Bertz CT molecular complexity index is 672. The van der Waals surface area contributed by atoms with Crippen LogP contribution in [-0.4, -0.2) is 29.3 Å². The summed E-state index contributed by atoms with van der Waals surface area (Å²) in [7, 11) is 1.57. The minimum atomic E-state index is -0.204. The lowest BCUT2D eigenvalue weighted by Gasteiger charge is -2.09. The fraction of sp³-hybridized carbons (Fsp3) is 0.375. The van der Waals surface area contributed by atoms with Crippen molar-refractivity contribution in [3.63, 3.8) is 0 Å². The van der Waals surface area contributed by atoms with Gasteiger partial charge in [-0.3, -0.25) is 9.89 Å². The first kappa shape index (κ1) is 17.1. The number of H-pyrrole nitrogens is 1. The van der Waals surface area contributed by atoms with Crippen LogP contribution in [-0.2, 0) is 6.61 Å². The van der Waals surface area contributed by atoms with Crippen molar-refractivity contribution in [2.45, 2.75) is 32.9 Å². The molecule has 0 aliphatic heterocycles. The van der Waals surface area contributed by atoms with E-state index in [9.17, 15) is 4.79 Å². The summed E-state index contributed by atoms with van der Waals surface area (Å²) in [4.78, 5) is 12.0. The molecule has 0 unspecified atom stereocenters. The Balaban J connectivity index is 1.96. The summed E-state index contributed by atoms with van der Waals surface area (Å²) >= 11 is 6.11. The van der Waals surface area contributed by atoms with E-state index in [-0.39, 0.29) is 18.6 Å². The molecule has 0 radical (unpaired) electrons. The van der Waals surface area contributed by atoms with Gasteiger partial charge in [0.05, 0.1) is 17.8 Å². The summed E-state index contributed by atoms with van der Waals surface area (Å²) in [6.07, 6.45) is 0.863. The third-order valence-electron chi connectivity index (χ3n) is 3.38. The summed E-state index contributed by atoms with van der Waals surface area (Å²) in [5.74, 6) is 0.991. The first-order chi connectivity index (χ1) is 11.0. The smallest absolute Gasteiger partial charge is 0.271 e. The second-order valence-corrected chi connectivity index (χ2v) is 5.55. The predicted octanol–water partition coefficient (Wildman–Crippen LogP) is 3.18. The quantitative estimate of drug-likeness (QED) is 0.813. The molecule has 0 bridgehead atoms. The van der Waals surface area contributed by atoms with Crippen molar-refractivity contribution in [1.29, 1.82) is 0 Å².